The first-order valence-corrected chi connectivity index (χ1v) is 10.6. The van der Waals surface area contributed by atoms with Crippen LogP contribution in [0, 0.1) is 0 Å². The van der Waals surface area contributed by atoms with E-state index < -0.39 is 36.2 Å². The second-order valence-corrected chi connectivity index (χ2v) is 7.94. The first kappa shape index (κ1) is 28.0. The molecule has 1 heterocycles. The molecule has 0 spiro atoms. The van der Waals surface area contributed by atoms with E-state index in [9.17, 15) is 29.1 Å². The third-order valence-electron chi connectivity index (χ3n) is 5.41. The SMILES string of the molecule is CC(=O)c1cccc(-c2cccc(N(C(=O)NCCC(=O)[O-])C3C(=O)C(C)=CN(C)C3=O)c2)c1.[Na+]. The zero-order valence-electron chi connectivity index (χ0n) is 20.0. The summed E-state index contributed by atoms with van der Waals surface area (Å²) in [6.07, 6.45) is 0.972. The molecule has 0 aromatic heterocycles. The van der Waals surface area contributed by atoms with Gasteiger partial charge in [0.25, 0.3) is 5.91 Å². The predicted octanol–water partition coefficient (Wildman–Crippen LogP) is -1.47. The molecule has 35 heavy (non-hydrogen) atoms. The number of anilines is 1. The van der Waals surface area contributed by atoms with Gasteiger partial charge in [-0.25, -0.2) is 4.79 Å². The summed E-state index contributed by atoms with van der Waals surface area (Å²) >= 11 is 0. The van der Waals surface area contributed by atoms with Gasteiger partial charge in [0.1, 0.15) is 0 Å². The van der Waals surface area contributed by atoms with Crippen molar-refractivity contribution in [2.45, 2.75) is 26.3 Å². The number of ketones is 2. The Morgan fingerprint density at radius 1 is 1.06 bits per heavy atom. The molecular formula is C25H24N3NaO6. The zero-order chi connectivity index (χ0) is 25.0. The summed E-state index contributed by atoms with van der Waals surface area (Å²) in [4.78, 5) is 63.9. The number of carbonyl (C=O) groups excluding carboxylic acids is 5. The Balaban J connectivity index is 0.00000432. The number of amides is 3. The van der Waals surface area contributed by atoms with Crippen molar-refractivity contribution in [2.24, 2.45) is 0 Å². The van der Waals surface area contributed by atoms with Crippen molar-refractivity contribution in [1.29, 1.82) is 0 Å². The number of benzene rings is 2. The summed E-state index contributed by atoms with van der Waals surface area (Å²) in [6, 6.07) is 11.3. The number of nitrogens with one attached hydrogen (secondary N) is 1. The Hall–Kier alpha value is -3.27. The Morgan fingerprint density at radius 3 is 2.31 bits per heavy atom. The molecule has 1 N–H and O–H groups in total. The molecule has 10 heteroatoms. The van der Waals surface area contributed by atoms with E-state index in [2.05, 4.69) is 5.32 Å². The number of hydrogen-bond acceptors (Lipinski definition) is 6. The van der Waals surface area contributed by atoms with Gasteiger partial charge in [0.2, 0.25) is 0 Å². The van der Waals surface area contributed by atoms with Gasteiger partial charge < -0.3 is 20.1 Å². The van der Waals surface area contributed by atoms with Crippen molar-refractivity contribution in [3.05, 3.63) is 65.9 Å². The van der Waals surface area contributed by atoms with Crippen LogP contribution in [0.15, 0.2) is 60.3 Å². The monoisotopic (exact) mass is 485 g/mol. The molecule has 176 valence electrons. The fourth-order valence-electron chi connectivity index (χ4n) is 3.66. The number of likely N-dealkylation sites (N-methyl/N-ethyl adjacent to an activating group) is 1. The van der Waals surface area contributed by atoms with Crippen molar-refractivity contribution in [2.75, 3.05) is 18.5 Å². The molecule has 3 rings (SSSR count). The van der Waals surface area contributed by atoms with Crippen LogP contribution in [-0.2, 0) is 14.4 Å². The Bertz CT molecular complexity index is 1210. The molecular weight excluding hydrogens is 461 g/mol. The molecule has 1 unspecified atom stereocenters. The fourth-order valence-corrected chi connectivity index (χ4v) is 3.66. The molecule has 0 fully saturated rings. The number of carboxylic acids is 1. The maximum Gasteiger partial charge on any atom is 1.00 e. The molecule has 2 aromatic carbocycles. The molecule has 3 amide bonds. The zero-order valence-corrected chi connectivity index (χ0v) is 22.0. The molecule has 0 saturated carbocycles. The van der Waals surface area contributed by atoms with Gasteiger partial charge in [0.05, 0.1) is 0 Å². The minimum atomic E-state index is -1.46. The summed E-state index contributed by atoms with van der Waals surface area (Å²) in [5, 5.41) is 13.2. The van der Waals surface area contributed by atoms with Crippen LogP contribution in [0.25, 0.3) is 11.1 Å². The van der Waals surface area contributed by atoms with Crippen molar-refractivity contribution in [1.82, 2.24) is 10.2 Å². The number of rotatable bonds is 7. The van der Waals surface area contributed by atoms with Crippen molar-refractivity contribution in [3.8, 4) is 11.1 Å². The molecule has 0 radical (unpaired) electrons. The van der Waals surface area contributed by atoms with Crippen molar-refractivity contribution >= 4 is 35.2 Å². The van der Waals surface area contributed by atoms with E-state index in [0.29, 0.717) is 22.3 Å². The average Bonchev–Trinajstić information content (AvgIpc) is 2.80. The number of carbonyl (C=O) groups is 5. The number of hydrogen-bond donors (Lipinski definition) is 1. The third-order valence-corrected chi connectivity index (χ3v) is 5.41. The van der Waals surface area contributed by atoms with Crippen LogP contribution in [-0.4, -0.2) is 54.0 Å². The smallest absolute Gasteiger partial charge is 0.550 e. The van der Waals surface area contributed by atoms with E-state index in [0.717, 1.165) is 4.90 Å². The Labute approximate surface area is 225 Å². The van der Waals surface area contributed by atoms with Gasteiger partial charge in [-0.1, -0.05) is 30.3 Å². The van der Waals surface area contributed by atoms with Gasteiger partial charge in [0.15, 0.2) is 17.6 Å². The van der Waals surface area contributed by atoms with Gasteiger partial charge in [-0.15, -0.1) is 0 Å². The van der Waals surface area contributed by atoms with Gasteiger partial charge in [0, 0.05) is 49.0 Å². The maximum absolute atomic E-state index is 13.1. The van der Waals surface area contributed by atoms with E-state index >= 15 is 0 Å². The van der Waals surface area contributed by atoms with Crippen molar-refractivity contribution in [3.63, 3.8) is 0 Å². The number of carboxylic acid groups (broad SMARTS) is 1. The fraction of sp³-hybridized carbons (Fsp3) is 0.240. The van der Waals surface area contributed by atoms with E-state index in [1.807, 2.05) is 0 Å². The molecule has 9 nitrogen and oxygen atoms in total. The van der Waals surface area contributed by atoms with E-state index in [1.165, 1.54) is 25.1 Å². The van der Waals surface area contributed by atoms with Crippen LogP contribution in [0.2, 0.25) is 0 Å². The van der Waals surface area contributed by atoms with E-state index in [-0.39, 0.29) is 47.6 Å². The molecule has 0 aliphatic carbocycles. The quantitative estimate of drug-likeness (QED) is 0.290. The minimum Gasteiger partial charge on any atom is -0.550 e. The normalized spacial score (nSPS) is 15.1. The largest absolute Gasteiger partial charge is 1.00 e. The molecule has 2 aromatic rings. The number of nitrogens with zero attached hydrogens (tertiary/aromatic N) is 2. The van der Waals surface area contributed by atoms with Gasteiger partial charge in [-0.05, 0) is 43.2 Å². The molecule has 0 bridgehead atoms. The number of Topliss-reactive ketones (excluding diaryl/α,β-unsaturated/α-hetero) is 2. The van der Waals surface area contributed by atoms with E-state index in [4.69, 9.17) is 0 Å². The topological polar surface area (TPSA) is 127 Å². The van der Waals surface area contributed by atoms with Crippen LogP contribution in [0.3, 0.4) is 0 Å². The summed E-state index contributed by atoms with van der Waals surface area (Å²) < 4.78 is 0. The van der Waals surface area contributed by atoms with Gasteiger partial charge in [-0.3, -0.25) is 19.3 Å². The van der Waals surface area contributed by atoms with Crippen molar-refractivity contribution < 1.29 is 58.6 Å². The third kappa shape index (κ3) is 6.45. The van der Waals surface area contributed by atoms with E-state index in [1.54, 1.807) is 55.5 Å². The maximum atomic E-state index is 13.1. The van der Waals surface area contributed by atoms with Crippen LogP contribution in [0.1, 0.15) is 30.6 Å². The van der Waals surface area contributed by atoms with Gasteiger partial charge in [-0.2, -0.15) is 0 Å². The first-order valence-electron chi connectivity index (χ1n) is 10.6. The molecule has 1 aliphatic rings. The second-order valence-electron chi connectivity index (χ2n) is 7.94. The average molecular weight is 485 g/mol. The molecule has 1 atom stereocenters. The Kier molecular flexibility index (Phi) is 9.53. The minimum absolute atomic E-state index is 0. The number of urea groups is 1. The second kappa shape index (κ2) is 11.9. The van der Waals surface area contributed by atoms with Crippen LogP contribution in [0.4, 0.5) is 10.5 Å². The first-order chi connectivity index (χ1) is 16.1. The standard InChI is InChI=1S/C25H25N3O6.Na/c1-15-14-27(3)24(33)22(23(15)32)28(25(34)26-11-10-21(30)31)20-9-5-8-19(13-20)18-7-4-6-17(12-18)16(2)29;/h4-9,12-14,22H,10-11H2,1-3H3,(H,26,34)(H,30,31);/q;+1/p-1. The van der Waals surface area contributed by atoms with Gasteiger partial charge >= 0.3 is 35.6 Å². The predicted molar refractivity (Wildman–Crippen MR) is 123 cm³/mol. The summed E-state index contributed by atoms with van der Waals surface area (Å²) in [6.45, 7) is 2.77. The molecule has 1 aliphatic heterocycles. The number of aliphatic carboxylic acids is 1. The summed E-state index contributed by atoms with van der Waals surface area (Å²) in [5.74, 6) is -2.59. The Morgan fingerprint density at radius 2 is 1.69 bits per heavy atom. The van der Waals surface area contributed by atoms with Crippen LogP contribution >= 0.6 is 0 Å². The summed E-state index contributed by atoms with van der Waals surface area (Å²) in [7, 11) is 1.49. The molecule has 0 saturated heterocycles. The van der Waals surface area contributed by atoms with Crippen LogP contribution in [0.5, 0.6) is 0 Å². The van der Waals surface area contributed by atoms with Crippen LogP contribution < -0.4 is 44.9 Å². The summed E-state index contributed by atoms with van der Waals surface area (Å²) in [5.41, 5.74) is 2.43.